The number of carbonyl (C=O) groups excluding carboxylic acids is 1. The smallest absolute Gasteiger partial charge is 0.254 e. The van der Waals surface area contributed by atoms with Crippen LogP contribution in [0.15, 0.2) is 10.7 Å². The topological polar surface area (TPSA) is 116 Å². The largest absolute Gasteiger partial charge is 0.393 e. The number of nitrogens with one attached hydrogen (secondary N) is 4. The number of hydrogen-bond donors (Lipinski definition) is 5. The summed E-state index contributed by atoms with van der Waals surface area (Å²) in [4.78, 5) is 17.0. The molecule has 6 N–H and O–H groups in total. The molecule has 2 heterocycles. The lowest BCUT2D eigenvalue weighted by Crippen LogP contribution is -2.42. The van der Waals surface area contributed by atoms with E-state index in [1.54, 1.807) is 13.2 Å². The van der Waals surface area contributed by atoms with E-state index in [0.717, 1.165) is 35.7 Å². The maximum Gasteiger partial charge on any atom is 0.254 e. The number of halogens is 1. The van der Waals surface area contributed by atoms with Gasteiger partial charge in [-0.05, 0) is 28.8 Å². The number of aromatic nitrogens is 1. The van der Waals surface area contributed by atoms with Gasteiger partial charge >= 0.3 is 0 Å². The van der Waals surface area contributed by atoms with Crippen LogP contribution in [0.4, 0.5) is 5.82 Å². The molecule has 25 heavy (non-hydrogen) atoms. The van der Waals surface area contributed by atoms with Gasteiger partial charge in [0, 0.05) is 49.2 Å². The Labute approximate surface area is 155 Å². The van der Waals surface area contributed by atoms with Crippen LogP contribution in [0.5, 0.6) is 0 Å². The van der Waals surface area contributed by atoms with Gasteiger partial charge in [-0.25, -0.2) is 4.98 Å². The Morgan fingerprint density at radius 3 is 2.88 bits per heavy atom. The van der Waals surface area contributed by atoms with Gasteiger partial charge in [0.15, 0.2) is 0 Å². The van der Waals surface area contributed by atoms with E-state index in [2.05, 4.69) is 36.9 Å². The van der Waals surface area contributed by atoms with Crippen molar-refractivity contribution in [2.75, 3.05) is 12.4 Å². The third-order valence-corrected chi connectivity index (χ3v) is 5.61. The van der Waals surface area contributed by atoms with Crippen LogP contribution in [0.3, 0.4) is 0 Å². The van der Waals surface area contributed by atoms with Gasteiger partial charge in [0.2, 0.25) is 0 Å². The second kappa shape index (κ2) is 7.53. The van der Waals surface area contributed by atoms with Crippen LogP contribution >= 0.6 is 15.9 Å². The SMILES string of the molecule is CN/C=C(\C=N)c1nc(NC2CCCCC2N)c(Br)c2c1C(=O)NC2. The molecule has 0 bridgehead atoms. The highest BCUT2D eigenvalue weighted by atomic mass is 79.9. The molecular weight excluding hydrogens is 384 g/mol. The van der Waals surface area contributed by atoms with Gasteiger partial charge in [-0.15, -0.1) is 0 Å². The molecule has 1 aromatic rings. The summed E-state index contributed by atoms with van der Waals surface area (Å²) in [7, 11) is 1.75. The first-order valence-electron chi connectivity index (χ1n) is 8.47. The quantitative estimate of drug-likeness (QED) is 0.479. The zero-order valence-electron chi connectivity index (χ0n) is 14.2. The molecule has 1 saturated carbocycles. The van der Waals surface area contributed by atoms with E-state index in [9.17, 15) is 4.79 Å². The molecule has 3 rings (SSSR count). The number of pyridine rings is 1. The third-order valence-electron chi connectivity index (χ3n) is 4.76. The second-order valence-electron chi connectivity index (χ2n) is 6.39. The Kier molecular flexibility index (Phi) is 5.39. The lowest BCUT2D eigenvalue weighted by Gasteiger charge is -2.30. The van der Waals surface area contributed by atoms with Crippen molar-refractivity contribution >= 4 is 39.4 Å². The number of amides is 1. The van der Waals surface area contributed by atoms with E-state index in [1.807, 2.05) is 0 Å². The minimum Gasteiger partial charge on any atom is -0.393 e. The number of hydrogen-bond acceptors (Lipinski definition) is 6. The predicted molar refractivity (Wildman–Crippen MR) is 103 cm³/mol. The summed E-state index contributed by atoms with van der Waals surface area (Å²) in [6, 6.07) is 0.249. The van der Waals surface area contributed by atoms with Crippen molar-refractivity contribution in [3.63, 3.8) is 0 Å². The number of anilines is 1. The maximum atomic E-state index is 12.3. The van der Waals surface area contributed by atoms with E-state index in [-0.39, 0.29) is 18.0 Å². The average molecular weight is 407 g/mol. The van der Waals surface area contributed by atoms with Crippen molar-refractivity contribution in [2.45, 2.75) is 44.3 Å². The zero-order valence-corrected chi connectivity index (χ0v) is 15.7. The molecule has 1 aliphatic carbocycles. The minimum atomic E-state index is -0.164. The Bertz CT molecular complexity index is 732. The molecule has 0 aromatic carbocycles. The van der Waals surface area contributed by atoms with Gasteiger partial charge in [0.1, 0.15) is 5.82 Å². The maximum absolute atomic E-state index is 12.3. The fourth-order valence-electron chi connectivity index (χ4n) is 3.43. The van der Waals surface area contributed by atoms with Crippen molar-refractivity contribution in [3.8, 4) is 0 Å². The van der Waals surface area contributed by atoms with Crippen LogP contribution < -0.4 is 21.7 Å². The predicted octanol–water partition coefficient (Wildman–Crippen LogP) is 1.98. The van der Waals surface area contributed by atoms with Crippen molar-refractivity contribution in [1.29, 1.82) is 5.41 Å². The minimum absolute atomic E-state index is 0.0916. The standard InChI is InChI=1S/C17H23BrN6O/c1-21-7-9(6-19)15-13-10(8-22-17(13)25)14(18)16(24-15)23-12-5-3-2-4-11(12)20/h6-7,11-12,19,21H,2-5,8,20H2,1H3,(H,22,25)(H,23,24)/b9-7+,19-6?. The fourth-order valence-corrected chi connectivity index (χ4v) is 3.97. The van der Waals surface area contributed by atoms with Gasteiger partial charge in [0.05, 0.1) is 15.7 Å². The Morgan fingerprint density at radius 1 is 1.44 bits per heavy atom. The Balaban J connectivity index is 2.06. The highest BCUT2D eigenvalue weighted by Crippen LogP contribution is 2.35. The lowest BCUT2D eigenvalue weighted by atomic mass is 9.91. The second-order valence-corrected chi connectivity index (χ2v) is 7.18. The van der Waals surface area contributed by atoms with Crippen LogP contribution in [-0.4, -0.2) is 36.2 Å². The highest BCUT2D eigenvalue weighted by molar-refractivity contribution is 9.10. The summed E-state index contributed by atoms with van der Waals surface area (Å²) in [5.41, 5.74) is 8.70. The molecule has 8 heteroatoms. The van der Waals surface area contributed by atoms with E-state index >= 15 is 0 Å². The molecule has 0 spiro atoms. The number of nitrogens with two attached hydrogens (primary N) is 1. The van der Waals surface area contributed by atoms with Crippen molar-refractivity contribution in [2.24, 2.45) is 5.73 Å². The van der Waals surface area contributed by atoms with E-state index in [4.69, 9.17) is 11.1 Å². The van der Waals surface area contributed by atoms with Crippen molar-refractivity contribution < 1.29 is 4.79 Å². The molecule has 1 aliphatic heterocycles. The number of rotatable bonds is 5. The Morgan fingerprint density at radius 2 is 2.20 bits per heavy atom. The first-order valence-corrected chi connectivity index (χ1v) is 9.27. The summed E-state index contributed by atoms with van der Waals surface area (Å²) < 4.78 is 0.788. The zero-order chi connectivity index (χ0) is 18.0. The van der Waals surface area contributed by atoms with Gasteiger partial charge in [-0.1, -0.05) is 12.8 Å². The molecule has 1 aromatic heterocycles. The Hall–Kier alpha value is -1.93. The number of allylic oxidation sites excluding steroid dienone is 1. The summed E-state index contributed by atoms with van der Waals surface area (Å²) >= 11 is 3.60. The van der Waals surface area contributed by atoms with Crippen LogP contribution in [0.2, 0.25) is 0 Å². The van der Waals surface area contributed by atoms with E-state index in [1.165, 1.54) is 6.21 Å². The average Bonchev–Trinajstić information content (AvgIpc) is 3.00. The molecule has 1 amide bonds. The summed E-state index contributed by atoms with van der Waals surface area (Å²) in [5, 5.41) is 16.9. The molecule has 2 atom stereocenters. The van der Waals surface area contributed by atoms with Gasteiger partial charge < -0.3 is 27.1 Å². The van der Waals surface area contributed by atoms with Crippen LogP contribution in [0.1, 0.15) is 47.3 Å². The van der Waals surface area contributed by atoms with Crippen LogP contribution in [-0.2, 0) is 6.54 Å². The van der Waals surface area contributed by atoms with E-state index in [0.29, 0.717) is 29.2 Å². The first-order chi connectivity index (χ1) is 12.1. The summed E-state index contributed by atoms with van der Waals surface area (Å²) in [6.07, 6.45) is 7.18. The molecule has 7 nitrogen and oxygen atoms in total. The molecule has 1 fully saturated rings. The van der Waals surface area contributed by atoms with Crippen molar-refractivity contribution in [3.05, 3.63) is 27.5 Å². The molecule has 2 aliphatic rings. The van der Waals surface area contributed by atoms with Gasteiger partial charge in [0.25, 0.3) is 5.91 Å². The number of nitrogens with zero attached hydrogens (tertiary/aromatic N) is 1. The first kappa shape index (κ1) is 17.9. The lowest BCUT2D eigenvalue weighted by molar-refractivity contribution is 0.0965. The monoisotopic (exact) mass is 406 g/mol. The van der Waals surface area contributed by atoms with Crippen molar-refractivity contribution in [1.82, 2.24) is 15.6 Å². The van der Waals surface area contributed by atoms with Gasteiger partial charge in [-0.3, -0.25) is 4.79 Å². The molecule has 0 radical (unpaired) electrons. The molecule has 2 unspecified atom stereocenters. The fraction of sp³-hybridized carbons (Fsp3) is 0.471. The highest BCUT2D eigenvalue weighted by Gasteiger charge is 2.31. The summed E-state index contributed by atoms with van der Waals surface area (Å²) in [6.45, 7) is 0.445. The van der Waals surface area contributed by atoms with Gasteiger partial charge in [-0.2, -0.15) is 0 Å². The normalized spacial score (nSPS) is 23.0. The molecular formula is C17H23BrN6O. The number of fused-ring (bicyclic) bond motifs is 1. The van der Waals surface area contributed by atoms with Crippen LogP contribution in [0, 0.1) is 5.41 Å². The van der Waals surface area contributed by atoms with Crippen LogP contribution in [0.25, 0.3) is 5.57 Å². The number of carbonyl (C=O) groups is 1. The van der Waals surface area contributed by atoms with E-state index < -0.39 is 0 Å². The summed E-state index contributed by atoms with van der Waals surface area (Å²) in [5.74, 6) is 0.513. The molecule has 0 saturated heterocycles. The molecule has 134 valence electrons. The third kappa shape index (κ3) is 3.41.